The van der Waals surface area contributed by atoms with Crippen LogP contribution < -0.4 is 26.0 Å². The number of fused-ring (bicyclic) bond motifs is 2. The van der Waals surface area contributed by atoms with Gasteiger partial charge in [0.15, 0.2) is 5.84 Å². The Bertz CT molecular complexity index is 1180. The van der Waals surface area contributed by atoms with Crippen molar-refractivity contribution in [3.8, 4) is 5.75 Å². The zero-order chi connectivity index (χ0) is 20.0. The lowest BCUT2D eigenvalue weighted by molar-refractivity contribution is -0.115. The van der Waals surface area contributed by atoms with Crippen LogP contribution in [0.15, 0.2) is 71.1 Å². The summed E-state index contributed by atoms with van der Waals surface area (Å²) in [5.74, 6) is 0.842. The highest BCUT2D eigenvalue weighted by Gasteiger charge is 2.36. The van der Waals surface area contributed by atoms with Gasteiger partial charge in [-0.3, -0.25) is 4.79 Å². The van der Waals surface area contributed by atoms with Crippen LogP contribution in [0.4, 0.5) is 5.69 Å². The Kier molecular flexibility index (Phi) is 3.90. The zero-order valence-corrected chi connectivity index (χ0v) is 15.8. The van der Waals surface area contributed by atoms with Gasteiger partial charge in [0.25, 0.3) is 5.91 Å². The molecule has 0 radical (unpaired) electrons. The average molecular weight is 388 g/mol. The van der Waals surface area contributed by atoms with Gasteiger partial charge >= 0.3 is 0 Å². The molecule has 1 atom stereocenters. The second-order valence-corrected chi connectivity index (χ2v) is 6.83. The van der Waals surface area contributed by atoms with Crippen molar-refractivity contribution < 1.29 is 9.53 Å². The molecule has 8 heteroatoms. The fourth-order valence-corrected chi connectivity index (χ4v) is 3.89. The van der Waals surface area contributed by atoms with Crippen LogP contribution >= 0.6 is 0 Å². The molecule has 8 nitrogen and oxygen atoms in total. The van der Waals surface area contributed by atoms with Crippen molar-refractivity contribution in [2.75, 3.05) is 18.7 Å². The molecule has 0 spiro atoms. The number of H-pyrrole nitrogens is 1. The molecule has 2 aliphatic heterocycles. The number of primary amides is 1. The number of nitrogens with one attached hydrogen (secondary N) is 3. The van der Waals surface area contributed by atoms with E-state index >= 15 is 0 Å². The number of aromatic nitrogens is 1. The van der Waals surface area contributed by atoms with Crippen LogP contribution in [0.2, 0.25) is 0 Å². The molecule has 2 aromatic carbocycles. The van der Waals surface area contributed by atoms with Crippen molar-refractivity contribution in [1.29, 1.82) is 0 Å². The standard InChI is InChI=1S/C21H20N6O2/c1-29-16-8-3-2-7-15(16)27-11-24-18-17(19(22)28)25-20(26-21(18)27)13-5-4-6-14-12(13)9-10-23-14/h2-10,20,23-25H,11H2,1H3,(H2,22,28). The van der Waals surface area contributed by atoms with Gasteiger partial charge in [0.05, 0.1) is 19.5 Å². The molecule has 3 heterocycles. The molecule has 5 N–H and O–H groups in total. The fraction of sp³-hybridized carbons (Fsp3) is 0.143. The largest absolute Gasteiger partial charge is 0.495 e. The van der Waals surface area contributed by atoms with Crippen LogP contribution in [0, 0.1) is 0 Å². The van der Waals surface area contributed by atoms with E-state index in [9.17, 15) is 4.79 Å². The molecule has 0 bridgehead atoms. The first-order valence-corrected chi connectivity index (χ1v) is 9.26. The topological polar surface area (TPSA) is 108 Å². The summed E-state index contributed by atoms with van der Waals surface area (Å²) >= 11 is 0. The van der Waals surface area contributed by atoms with E-state index in [2.05, 4.69) is 15.6 Å². The number of carbonyl (C=O) groups is 1. The maximum atomic E-state index is 12.2. The first-order valence-electron chi connectivity index (χ1n) is 9.26. The van der Waals surface area contributed by atoms with E-state index in [1.807, 2.05) is 59.6 Å². The minimum atomic E-state index is -0.534. The van der Waals surface area contributed by atoms with Gasteiger partial charge in [-0.25, -0.2) is 4.99 Å². The lowest BCUT2D eigenvalue weighted by Crippen LogP contribution is -2.38. The predicted molar refractivity (Wildman–Crippen MR) is 111 cm³/mol. The number of amidine groups is 1. The third-order valence-electron chi connectivity index (χ3n) is 5.22. The number of benzene rings is 2. The number of amides is 1. The van der Waals surface area contributed by atoms with Gasteiger partial charge in [-0.2, -0.15) is 0 Å². The molecule has 5 rings (SSSR count). The highest BCUT2D eigenvalue weighted by Crippen LogP contribution is 2.35. The van der Waals surface area contributed by atoms with Crippen molar-refractivity contribution in [3.63, 3.8) is 0 Å². The Labute approximate surface area is 167 Å². The minimum Gasteiger partial charge on any atom is -0.495 e. The fourth-order valence-electron chi connectivity index (χ4n) is 3.89. The summed E-state index contributed by atoms with van der Waals surface area (Å²) in [4.78, 5) is 22.4. The third kappa shape index (κ3) is 2.68. The van der Waals surface area contributed by atoms with E-state index in [0.29, 0.717) is 23.9 Å². The number of hydrogen-bond acceptors (Lipinski definition) is 6. The molecule has 29 heavy (non-hydrogen) atoms. The van der Waals surface area contributed by atoms with E-state index in [4.69, 9.17) is 15.5 Å². The number of rotatable bonds is 4. The summed E-state index contributed by atoms with van der Waals surface area (Å²) in [6.45, 7) is 0.452. The Balaban J connectivity index is 1.65. The van der Waals surface area contributed by atoms with Gasteiger partial charge in [-0.1, -0.05) is 24.3 Å². The number of aliphatic imine (C=N–C) groups is 1. The molecule has 1 fully saturated rings. The maximum Gasteiger partial charge on any atom is 0.267 e. The summed E-state index contributed by atoms with van der Waals surface area (Å²) < 4.78 is 5.52. The molecule has 0 saturated carbocycles. The lowest BCUT2D eigenvalue weighted by Gasteiger charge is -2.27. The van der Waals surface area contributed by atoms with Crippen molar-refractivity contribution in [2.24, 2.45) is 10.7 Å². The van der Waals surface area contributed by atoms with Gasteiger partial charge in [0.2, 0.25) is 0 Å². The SMILES string of the molecule is COc1ccccc1N1CNC2=C(C(N)=O)NC(c3cccc4[nH]ccc34)N=C21. The van der Waals surface area contributed by atoms with Crippen molar-refractivity contribution in [2.45, 2.75) is 6.17 Å². The number of anilines is 1. The molecular weight excluding hydrogens is 368 g/mol. The molecule has 1 unspecified atom stereocenters. The average Bonchev–Trinajstić information content (AvgIpc) is 3.39. The summed E-state index contributed by atoms with van der Waals surface area (Å²) in [6.07, 6.45) is 1.44. The predicted octanol–water partition coefficient (Wildman–Crippen LogP) is 1.94. The molecule has 1 saturated heterocycles. The first kappa shape index (κ1) is 17.2. The quantitative estimate of drug-likeness (QED) is 0.546. The van der Waals surface area contributed by atoms with Crippen LogP contribution in [0.25, 0.3) is 10.9 Å². The number of carbonyl (C=O) groups excluding carboxylic acids is 1. The minimum absolute atomic E-state index is 0.324. The van der Waals surface area contributed by atoms with Crippen molar-refractivity contribution in [1.82, 2.24) is 15.6 Å². The van der Waals surface area contributed by atoms with Crippen molar-refractivity contribution >= 4 is 28.3 Å². The van der Waals surface area contributed by atoms with Gasteiger partial charge in [0, 0.05) is 22.7 Å². The van der Waals surface area contributed by atoms with E-state index in [-0.39, 0.29) is 0 Å². The normalized spacial score (nSPS) is 18.2. The van der Waals surface area contributed by atoms with E-state index in [1.54, 1.807) is 7.11 Å². The molecule has 146 valence electrons. The van der Waals surface area contributed by atoms with Crippen LogP contribution in [-0.2, 0) is 4.79 Å². The Morgan fingerprint density at radius 2 is 2.07 bits per heavy atom. The second kappa shape index (κ2) is 6.59. The lowest BCUT2D eigenvalue weighted by atomic mass is 10.1. The number of nitrogens with two attached hydrogens (primary N) is 1. The van der Waals surface area contributed by atoms with E-state index < -0.39 is 12.1 Å². The Morgan fingerprint density at radius 1 is 1.21 bits per heavy atom. The van der Waals surface area contributed by atoms with Gasteiger partial charge in [-0.15, -0.1) is 0 Å². The number of nitrogens with zero attached hydrogens (tertiary/aromatic N) is 2. The van der Waals surface area contributed by atoms with Crippen LogP contribution in [0.5, 0.6) is 5.75 Å². The van der Waals surface area contributed by atoms with Crippen molar-refractivity contribution in [3.05, 3.63) is 71.7 Å². The summed E-state index contributed by atoms with van der Waals surface area (Å²) in [5, 5.41) is 7.49. The van der Waals surface area contributed by atoms with E-state index in [1.165, 1.54) is 0 Å². The smallest absolute Gasteiger partial charge is 0.267 e. The number of hydrogen-bond donors (Lipinski definition) is 4. The Hall–Kier alpha value is -3.94. The molecular formula is C21H20N6O2. The van der Waals surface area contributed by atoms with Gasteiger partial charge in [0.1, 0.15) is 23.3 Å². The molecule has 1 amide bonds. The monoisotopic (exact) mass is 388 g/mol. The number of ether oxygens (including phenoxy) is 1. The highest BCUT2D eigenvalue weighted by molar-refractivity contribution is 6.16. The first-order chi connectivity index (χ1) is 14.2. The molecule has 0 aliphatic carbocycles. The second-order valence-electron chi connectivity index (χ2n) is 6.83. The zero-order valence-electron chi connectivity index (χ0n) is 15.8. The number of methoxy groups -OCH3 is 1. The number of aromatic amines is 1. The Morgan fingerprint density at radius 3 is 2.90 bits per heavy atom. The van der Waals surface area contributed by atoms with Gasteiger partial charge < -0.3 is 31.0 Å². The summed E-state index contributed by atoms with van der Waals surface area (Å²) in [7, 11) is 1.63. The highest BCUT2D eigenvalue weighted by atomic mass is 16.5. The van der Waals surface area contributed by atoms with Crippen LogP contribution in [-0.4, -0.2) is 30.5 Å². The summed E-state index contributed by atoms with van der Waals surface area (Å²) in [6, 6.07) is 15.7. The van der Waals surface area contributed by atoms with Crippen LogP contribution in [0.3, 0.4) is 0 Å². The third-order valence-corrected chi connectivity index (χ3v) is 5.22. The summed E-state index contributed by atoms with van der Waals surface area (Å²) in [5.41, 5.74) is 9.44. The molecule has 2 aliphatic rings. The van der Waals surface area contributed by atoms with Gasteiger partial charge in [-0.05, 0) is 24.3 Å². The van der Waals surface area contributed by atoms with Crippen LogP contribution in [0.1, 0.15) is 11.7 Å². The van der Waals surface area contributed by atoms with E-state index in [0.717, 1.165) is 27.9 Å². The molecule has 3 aromatic rings. The molecule has 1 aromatic heterocycles. The number of para-hydroxylation sites is 2. The maximum absolute atomic E-state index is 12.2.